The first-order valence-corrected chi connectivity index (χ1v) is 6.30. The Hall–Kier alpha value is -2.74. The number of nitro groups is 1. The third kappa shape index (κ3) is 2.81. The third-order valence-electron chi connectivity index (χ3n) is 2.48. The van der Waals surface area contributed by atoms with E-state index in [-0.39, 0.29) is 16.1 Å². The number of nitro benzene ring substituents is 1. The van der Waals surface area contributed by atoms with Gasteiger partial charge in [0.2, 0.25) is 0 Å². The highest BCUT2D eigenvalue weighted by Gasteiger charge is 2.14. The summed E-state index contributed by atoms with van der Waals surface area (Å²) in [4.78, 5) is 33.3. The highest BCUT2D eigenvalue weighted by Crippen LogP contribution is 2.22. The maximum absolute atomic E-state index is 11.9. The second kappa shape index (κ2) is 5.49. The molecule has 0 bridgehead atoms. The topological polar surface area (TPSA) is 115 Å². The third-order valence-corrected chi connectivity index (χ3v) is 3.41. The molecule has 1 heterocycles. The van der Waals surface area contributed by atoms with Gasteiger partial charge >= 0.3 is 0 Å². The van der Waals surface area contributed by atoms with Crippen molar-refractivity contribution < 1.29 is 14.5 Å². The van der Waals surface area contributed by atoms with E-state index < -0.39 is 16.7 Å². The Morgan fingerprint density at radius 3 is 2.40 bits per heavy atom. The largest absolute Gasteiger partial charge is 0.365 e. The van der Waals surface area contributed by atoms with Gasteiger partial charge in [-0.1, -0.05) is 0 Å². The number of amides is 2. The fourth-order valence-electron chi connectivity index (χ4n) is 1.53. The maximum Gasteiger partial charge on any atom is 0.269 e. The normalized spacial score (nSPS) is 10.0. The monoisotopic (exact) mass is 291 g/mol. The molecule has 0 radical (unpaired) electrons. The van der Waals surface area contributed by atoms with Crippen LogP contribution in [0.15, 0.2) is 35.7 Å². The molecule has 1 aromatic heterocycles. The molecule has 0 aliphatic heterocycles. The average molecular weight is 291 g/mol. The lowest BCUT2D eigenvalue weighted by molar-refractivity contribution is -0.384. The number of carbonyl (C=O) groups excluding carboxylic acids is 2. The minimum absolute atomic E-state index is 0.102. The summed E-state index contributed by atoms with van der Waals surface area (Å²) >= 11 is 1.12. The minimum Gasteiger partial charge on any atom is -0.365 e. The predicted octanol–water partition coefficient (Wildman–Crippen LogP) is 2.01. The van der Waals surface area contributed by atoms with Crippen LogP contribution >= 0.6 is 11.3 Å². The molecular weight excluding hydrogens is 282 g/mol. The summed E-state index contributed by atoms with van der Waals surface area (Å²) in [5.41, 5.74) is 5.64. The van der Waals surface area contributed by atoms with Crippen LogP contribution in [0.4, 0.5) is 11.4 Å². The number of rotatable bonds is 4. The molecule has 2 rings (SSSR count). The number of nitrogens with one attached hydrogen (secondary N) is 1. The van der Waals surface area contributed by atoms with Gasteiger partial charge in [0, 0.05) is 17.7 Å². The number of thiophene rings is 1. The molecule has 0 aliphatic rings. The minimum atomic E-state index is -0.626. The summed E-state index contributed by atoms with van der Waals surface area (Å²) in [7, 11) is 0. The van der Waals surface area contributed by atoms with E-state index in [9.17, 15) is 19.7 Å². The molecule has 1 aromatic carbocycles. The van der Waals surface area contributed by atoms with E-state index in [0.29, 0.717) is 5.69 Å². The van der Waals surface area contributed by atoms with Gasteiger partial charge in [-0.15, -0.1) is 11.3 Å². The van der Waals surface area contributed by atoms with Crippen molar-refractivity contribution in [2.45, 2.75) is 0 Å². The molecule has 0 fully saturated rings. The van der Waals surface area contributed by atoms with Crippen LogP contribution in [0.2, 0.25) is 0 Å². The van der Waals surface area contributed by atoms with E-state index in [0.717, 1.165) is 11.3 Å². The van der Waals surface area contributed by atoms with Gasteiger partial charge < -0.3 is 11.1 Å². The standard InChI is InChI=1S/C12H9N3O4S/c13-11(16)10-9(5-6-20-10)14-12(17)7-1-3-8(4-2-7)15(18)19/h1-6H,(H2,13,16)(H,14,17). The van der Waals surface area contributed by atoms with E-state index in [1.165, 1.54) is 24.3 Å². The number of non-ortho nitro benzene ring substituents is 1. The lowest BCUT2D eigenvalue weighted by Gasteiger charge is -2.04. The number of nitrogens with zero attached hydrogens (tertiary/aromatic N) is 1. The summed E-state index contributed by atoms with van der Waals surface area (Å²) in [6, 6.07) is 6.71. The summed E-state index contributed by atoms with van der Waals surface area (Å²) < 4.78 is 0. The highest BCUT2D eigenvalue weighted by atomic mass is 32.1. The lowest BCUT2D eigenvalue weighted by atomic mass is 10.2. The SMILES string of the molecule is NC(=O)c1sccc1NC(=O)c1ccc([N+](=O)[O-])cc1. The number of benzene rings is 1. The maximum atomic E-state index is 11.9. The summed E-state index contributed by atoms with van der Waals surface area (Å²) in [5, 5.41) is 14.7. The van der Waals surface area contributed by atoms with Crippen molar-refractivity contribution in [3.8, 4) is 0 Å². The first-order valence-electron chi connectivity index (χ1n) is 5.42. The molecule has 2 amide bonds. The zero-order valence-corrected chi connectivity index (χ0v) is 10.8. The van der Waals surface area contributed by atoms with Crippen LogP contribution in [0, 0.1) is 10.1 Å². The van der Waals surface area contributed by atoms with Gasteiger partial charge in [0.15, 0.2) is 0 Å². The van der Waals surface area contributed by atoms with Crippen molar-refractivity contribution in [3.05, 3.63) is 56.3 Å². The second-order valence-electron chi connectivity index (χ2n) is 3.79. The Bertz CT molecular complexity index is 678. The average Bonchev–Trinajstić information content (AvgIpc) is 2.87. The first kappa shape index (κ1) is 13.7. The molecule has 7 nitrogen and oxygen atoms in total. The van der Waals surface area contributed by atoms with Crippen molar-refractivity contribution >= 4 is 34.5 Å². The zero-order valence-electron chi connectivity index (χ0n) is 10.0. The number of primary amides is 1. The Morgan fingerprint density at radius 1 is 1.20 bits per heavy atom. The molecule has 3 N–H and O–H groups in total. The number of carbonyl (C=O) groups is 2. The van der Waals surface area contributed by atoms with Gasteiger partial charge in [0.1, 0.15) is 4.88 Å². The molecule has 8 heteroatoms. The summed E-state index contributed by atoms with van der Waals surface area (Å²) in [6.07, 6.45) is 0. The van der Waals surface area contributed by atoms with Gasteiger partial charge in [-0.25, -0.2) is 0 Å². The number of anilines is 1. The fourth-order valence-corrected chi connectivity index (χ4v) is 2.23. The number of hydrogen-bond acceptors (Lipinski definition) is 5. The van der Waals surface area contributed by atoms with Crippen LogP contribution in [0.1, 0.15) is 20.0 Å². The fraction of sp³-hybridized carbons (Fsp3) is 0. The first-order chi connectivity index (χ1) is 9.49. The van der Waals surface area contributed by atoms with Crippen LogP contribution in [-0.2, 0) is 0 Å². The van der Waals surface area contributed by atoms with E-state index >= 15 is 0 Å². The van der Waals surface area contributed by atoms with Crippen molar-refractivity contribution in [1.82, 2.24) is 0 Å². The molecule has 0 saturated heterocycles. The van der Waals surface area contributed by atoms with Crippen molar-refractivity contribution in [2.75, 3.05) is 5.32 Å². The van der Waals surface area contributed by atoms with Crippen molar-refractivity contribution in [1.29, 1.82) is 0 Å². The highest BCUT2D eigenvalue weighted by molar-refractivity contribution is 7.12. The van der Waals surface area contributed by atoms with Gasteiger partial charge in [-0.3, -0.25) is 19.7 Å². The van der Waals surface area contributed by atoms with Crippen LogP contribution in [-0.4, -0.2) is 16.7 Å². The molecule has 0 spiro atoms. The molecule has 20 heavy (non-hydrogen) atoms. The molecule has 0 saturated carbocycles. The quantitative estimate of drug-likeness (QED) is 0.662. The van der Waals surface area contributed by atoms with E-state index in [2.05, 4.69) is 5.32 Å². The Kier molecular flexibility index (Phi) is 3.76. The van der Waals surface area contributed by atoms with Gasteiger partial charge in [-0.05, 0) is 23.6 Å². The summed E-state index contributed by atoms with van der Waals surface area (Å²) in [6.45, 7) is 0. The van der Waals surface area contributed by atoms with E-state index in [4.69, 9.17) is 5.73 Å². The smallest absolute Gasteiger partial charge is 0.269 e. The van der Waals surface area contributed by atoms with E-state index in [1.807, 2.05) is 0 Å². The van der Waals surface area contributed by atoms with Gasteiger partial charge in [0.05, 0.1) is 10.6 Å². The van der Waals surface area contributed by atoms with Crippen LogP contribution in [0.5, 0.6) is 0 Å². The number of nitrogens with two attached hydrogens (primary N) is 1. The van der Waals surface area contributed by atoms with Crippen molar-refractivity contribution in [2.24, 2.45) is 5.73 Å². The Morgan fingerprint density at radius 2 is 1.85 bits per heavy atom. The molecule has 0 atom stereocenters. The van der Waals surface area contributed by atoms with Crippen LogP contribution < -0.4 is 11.1 Å². The van der Waals surface area contributed by atoms with Gasteiger partial charge in [0.25, 0.3) is 17.5 Å². The molecule has 2 aromatic rings. The molecule has 102 valence electrons. The lowest BCUT2D eigenvalue weighted by Crippen LogP contribution is -2.16. The Labute approximate surface area is 117 Å². The van der Waals surface area contributed by atoms with Crippen LogP contribution in [0.25, 0.3) is 0 Å². The Balaban J connectivity index is 2.17. The molecular formula is C12H9N3O4S. The van der Waals surface area contributed by atoms with Crippen LogP contribution in [0.3, 0.4) is 0 Å². The molecule has 0 aliphatic carbocycles. The summed E-state index contributed by atoms with van der Waals surface area (Å²) in [5.74, 6) is -1.10. The molecule has 0 unspecified atom stereocenters. The second-order valence-corrected chi connectivity index (χ2v) is 4.70. The number of hydrogen-bond donors (Lipinski definition) is 2. The predicted molar refractivity (Wildman–Crippen MR) is 73.9 cm³/mol. The van der Waals surface area contributed by atoms with Gasteiger partial charge in [-0.2, -0.15) is 0 Å². The zero-order chi connectivity index (χ0) is 14.7. The van der Waals surface area contributed by atoms with E-state index in [1.54, 1.807) is 11.4 Å². The van der Waals surface area contributed by atoms with Crippen molar-refractivity contribution in [3.63, 3.8) is 0 Å².